The van der Waals surface area contributed by atoms with Crippen LogP contribution in [0, 0.1) is 6.92 Å². The molecule has 0 atom stereocenters. The predicted molar refractivity (Wildman–Crippen MR) is 89.8 cm³/mol. The van der Waals surface area contributed by atoms with Crippen molar-refractivity contribution >= 4 is 21.6 Å². The molecule has 0 spiro atoms. The lowest BCUT2D eigenvalue weighted by atomic mass is 10.0. The van der Waals surface area contributed by atoms with Gasteiger partial charge in [-0.05, 0) is 18.6 Å². The van der Waals surface area contributed by atoms with Gasteiger partial charge in [0, 0.05) is 24.2 Å². The Morgan fingerprint density at radius 1 is 1.14 bits per heavy atom. The van der Waals surface area contributed by atoms with E-state index in [0.717, 1.165) is 26.5 Å². The molecule has 0 saturated carbocycles. The molecule has 1 aromatic carbocycles. The molecule has 0 bridgehead atoms. The largest absolute Gasteiger partial charge is 0.333 e. The third-order valence-electron chi connectivity index (χ3n) is 3.77. The number of nitrogens with zero attached hydrogens (tertiary/aromatic N) is 4. The molecule has 4 rings (SSSR count). The third-order valence-corrected chi connectivity index (χ3v) is 4.83. The lowest BCUT2D eigenvalue weighted by Gasteiger charge is -2.06. The number of rotatable bonds is 2. The van der Waals surface area contributed by atoms with Crippen molar-refractivity contribution in [2.75, 3.05) is 0 Å². The van der Waals surface area contributed by atoms with Crippen molar-refractivity contribution in [2.24, 2.45) is 7.05 Å². The van der Waals surface area contributed by atoms with Gasteiger partial charge >= 0.3 is 0 Å². The Morgan fingerprint density at radius 3 is 2.82 bits per heavy atom. The molecular formula is C17H14N4S. The number of fused-ring (bicyclic) bond motifs is 1. The Hall–Kier alpha value is -2.53. The second-order valence-corrected chi connectivity index (χ2v) is 6.29. The van der Waals surface area contributed by atoms with Gasteiger partial charge in [-0.2, -0.15) is 0 Å². The number of thiophene rings is 1. The average Bonchev–Trinajstić information content (AvgIpc) is 3.10. The van der Waals surface area contributed by atoms with Crippen LogP contribution < -0.4 is 0 Å². The summed E-state index contributed by atoms with van der Waals surface area (Å²) >= 11 is 1.67. The van der Waals surface area contributed by atoms with Gasteiger partial charge in [0.1, 0.15) is 11.2 Å². The summed E-state index contributed by atoms with van der Waals surface area (Å²) in [6, 6.07) is 10.5. The van der Waals surface area contributed by atoms with Crippen molar-refractivity contribution in [3.8, 4) is 21.8 Å². The van der Waals surface area contributed by atoms with E-state index in [1.165, 1.54) is 11.1 Å². The maximum Gasteiger partial charge on any atom is 0.127 e. The molecule has 4 nitrogen and oxygen atoms in total. The van der Waals surface area contributed by atoms with Crippen molar-refractivity contribution in [1.82, 2.24) is 19.5 Å². The third kappa shape index (κ3) is 2.02. The molecule has 5 heteroatoms. The summed E-state index contributed by atoms with van der Waals surface area (Å²) in [7, 11) is 2.03. The Kier molecular flexibility index (Phi) is 3.01. The van der Waals surface area contributed by atoms with Gasteiger partial charge in [0.15, 0.2) is 0 Å². The zero-order chi connectivity index (χ0) is 15.1. The van der Waals surface area contributed by atoms with E-state index in [4.69, 9.17) is 0 Å². The molecule has 0 fully saturated rings. The molecule has 3 heterocycles. The van der Waals surface area contributed by atoms with Crippen molar-refractivity contribution in [3.05, 3.63) is 54.7 Å². The standard InChI is InChI=1S/C17H14N4S/c1-11-5-3-4-6-13(11)15-16(21(2)10-20-15)14-7-12-8-18-9-19-17(12)22-14/h3-10H,1-2H3. The molecule has 3 aromatic heterocycles. The van der Waals surface area contributed by atoms with E-state index >= 15 is 0 Å². The smallest absolute Gasteiger partial charge is 0.127 e. The summed E-state index contributed by atoms with van der Waals surface area (Å²) < 4.78 is 2.07. The highest BCUT2D eigenvalue weighted by molar-refractivity contribution is 7.21. The molecule has 108 valence electrons. The van der Waals surface area contributed by atoms with E-state index in [0.29, 0.717) is 0 Å². The van der Waals surface area contributed by atoms with Crippen LogP contribution in [0.4, 0.5) is 0 Å². The summed E-state index contributed by atoms with van der Waals surface area (Å²) in [6.45, 7) is 2.12. The quantitative estimate of drug-likeness (QED) is 0.561. The van der Waals surface area contributed by atoms with Gasteiger partial charge in [-0.25, -0.2) is 15.0 Å². The van der Waals surface area contributed by atoms with Gasteiger partial charge in [-0.1, -0.05) is 24.3 Å². The average molecular weight is 306 g/mol. The van der Waals surface area contributed by atoms with Gasteiger partial charge in [0.05, 0.1) is 22.6 Å². The molecule has 0 radical (unpaired) electrons. The lowest BCUT2D eigenvalue weighted by molar-refractivity contribution is 0.923. The summed E-state index contributed by atoms with van der Waals surface area (Å²) in [4.78, 5) is 15.2. The first kappa shape index (κ1) is 13.2. The zero-order valence-electron chi connectivity index (χ0n) is 12.3. The second-order valence-electron chi connectivity index (χ2n) is 5.26. The number of benzene rings is 1. The Morgan fingerprint density at radius 2 is 2.00 bits per heavy atom. The van der Waals surface area contributed by atoms with Gasteiger partial charge in [0.25, 0.3) is 0 Å². The minimum Gasteiger partial charge on any atom is -0.333 e. The molecule has 0 aliphatic rings. The number of imidazole rings is 1. The van der Waals surface area contributed by atoms with Crippen LogP contribution in [0.3, 0.4) is 0 Å². The van der Waals surface area contributed by atoms with Crippen molar-refractivity contribution in [2.45, 2.75) is 6.92 Å². The minimum absolute atomic E-state index is 1.00. The van der Waals surface area contributed by atoms with E-state index < -0.39 is 0 Å². The SMILES string of the molecule is Cc1ccccc1-c1ncn(C)c1-c1cc2cncnc2s1. The first-order valence-electron chi connectivity index (χ1n) is 7.01. The van der Waals surface area contributed by atoms with E-state index in [1.54, 1.807) is 17.7 Å². The van der Waals surface area contributed by atoms with Crippen LogP contribution in [0.1, 0.15) is 5.56 Å². The van der Waals surface area contributed by atoms with E-state index in [9.17, 15) is 0 Å². The molecule has 4 aromatic rings. The minimum atomic E-state index is 1.00. The number of aryl methyl sites for hydroxylation is 2. The predicted octanol–water partition coefficient (Wildman–Crippen LogP) is 4.07. The monoisotopic (exact) mass is 306 g/mol. The van der Waals surface area contributed by atoms with E-state index in [2.05, 4.69) is 56.8 Å². The Balaban J connectivity index is 1.96. The fourth-order valence-corrected chi connectivity index (χ4v) is 3.72. The number of aromatic nitrogens is 4. The highest BCUT2D eigenvalue weighted by atomic mass is 32.1. The summed E-state index contributed by atoms with van der Waals surface area (Å²) in [6.07, 6.45) is 5.31. The van der Waals surface area contributed by atoms with Crippen LogP contribution in [0.25, 0.3) is 32.0 Å². The number of hydrogen-bond donors (Lipinski definition) is 0. The van der Waals surface area contributed by atoms with E-state index in [-0.39, 0.29) is 0 Å². The summed E-state index contributed by atoms with van der Waals surface area (Å²) in [5.41, 5.74) is 4.53. The molecule has 0 aliphatic heterocycles. The van der Waals surface area contributed by atoms with Crippen LogP contribution in [-0.4, -0.2) is 19.5 Å². The molecule has 22 heavy (non-hydrogen) atoms. The van der Waals surface area contributed by atoms with Gasteiger partial charge in [-0.15, -0.1) is 11.3 Å². The molecule has 0 saturated heterocycles. The molecule has 0 aliphatic carbocycles. The maximum atomic E-state index is 4.63. The maximum absolute atomic E-state index is 4.63. The van der Waals surface area contributed by atoms with Crippen LogP contribution in [0.2, 0.25) is 0 Å². The van der Waals surface area contributed by atoms with Crippen molar-refractivity contribution in [3.63, 3.8) is 0 Å². The van der Waals surface area contributed by atoms with Crippen LogP contribution >= 0.6 is 11.3 Å². The molecule has 0 unspecified atom stereocenters. The number of hydrogen-bond acceptors (Lipinski definition) is 4. The van der Waals surface area contributed by atoms with Crippen molar-refractivity contribution in [1.29, 1.82) is 0 Å². The Bertz CT molecular complexity index is 935. The first-order valence-corrected chi connectivity index (χ1v) is 7.83. The fraction of sp³-hybridized carbons (Fsp3) is 0.118. The molecular weight excluding hydrogens is 292 g/mol. The van der Waals surface area contributed by atoms with Gasteiger partial charge in [0.2, 0.25) is 0 Å². The fourth-order valence-electron chi connectivity index (χ4n) is 2.66. The Labute approximate surface area is 132 Å². The molecule has 0 amide bonds. The van der Waals surface area contributed by atoms with Gasteiger partial charge in [-0.3, -0.25) is 0 Å². The highest BCUT2D eigenvalue weighted by Crippen LogP contribution is 2.37. The van der Waals surface area contributed by atoms with E-state index in [1.807, 2.05) is 19.6 Å². The van der Waals surface area contributed by atoms with Crippen LogP contribution in [0.5, 0.6) is 0 Å². The molecule has 0 N–H and O–H groups in total. The van der Waals surface area contributed by atoms with Crippen molar-refractivity contribution < 1.29 is 0 Å². The first-order chi connectivity index (χ1) is 10.7. The second kappa shape index (κ2) is 5.03. The summed E-state index contributed by atoms with van der Waals surface area (Å²) in [5, 5.41) is 1.07. The zero-order valence-corrected chi connectivity index (χ0v) is 13.1. The summed E-state index contributed by atoms with van der Waals surface area (Å²) in [5.74, 6) is 0. The lowest BCUT2D eigenvalue weighted by Crippen LogP contribution is -1.90. The normalized spacial score (nSPS) is 11.2. The highest BCUT2D eigenvalue weighted by Gasteiger charge is 2.17. The van der Waals surface area contributed by atoms with Crippen LogP contribution in [0.15, 0.2) is 49.2 Å². The topological polar surface area (TPSA) is 43.6 Å². The van der Waals surface area contributed by atoms with Crippen LogP contribution in [-0.2, 0) is 7.05 Å². The van der Waals surface area contributed by atoms with Gasteiger partial charge < -0.3 is 4.57 Å².